The summed E-state index contributed by atoms with van der Waals surface area (Å²) in [6.45, 7) is 6.81. The molecule has 0 unspecified atom stereocenters. The second-order valence-electron chi connectivity index (χ2n) is 8.79. The summed E-state index contributed by atoms with van der Waals surface area (Å²) in [4.78, 5) is 7.45. The van der Waals surface area contributed by atoms with E-state index in [-0.39, 0.29) is 0 Å². The van der Waals surface area contributed by atoms with Crippen molar-refractivity contribution in [3.05, 3.63) is 59.9 Å². The first-order valence-corrected chi connectivity index (χ1v) is 11.3. The molecule has 2 aliphatic heterocycles. The smallest absolute Gasteiger partial charge is 0.111 e. The number of nitrogens with one attached hydrogen (secondary N) is 1. The van der Waals surface area contributed by atoms with E-state index < -0.39 is 0 Å². The Kier molecular flexibility index (Phi) is 5.38. The lowest BCUT2D eigenvalue weighted by atomic mass is 9.92. The fourth-order valence-corrected chi connectivity index (χ4v) is 5.41. The molecular formula is C25H32N4. The van der Waals surface area contributed by atoms with Crippen molar-refractivity contribution >= 4 is 11.0 Å². The molecule has 1 aromatic heterocycles. The summed E-state index contributed by atoms with van der Waals surface area (Å²) in [5, 5.41) is 3.67. The Morgan fingerprint density at radius 3 is 2.76 bits per heavy atom. The van der Waals surface area contributed by atoms with Gasteiger partial charge in [0.2, 0.25) is 0 Å². The molecule has 5 rings (SSSR count). The van der Waals surface area contributed by atoms with Gasteiger partial charge in [0, 0.05) is 18.3 Å². The van der Waals surface area contributed by atoms with Crippen LogP contribution in [-0.2, 0) is 6.54 Å². The first-order valence-electron chi connectivity index (χ1n) is 11.3. The number of imidazole rings is 1. The van der Waals surface area contributed by atoms with Gasteiger partial charge in [-0.1, -0.05) is 30.7 Å². The van der Waals surface area contributed by atoms with Crippen LogP contribution in [0.2, 0.25) is 0 Å². The van der Waals surface area contributed by atoms with E-state index in [0.29, 0.717) is 0 Å². The fraction of sp³-hybridized carbons (Fsp3) is 0.480. The van der Waals surface area contributed by atoms with E-state index in [4.69, 9.17) is 4.98 Å². The number of aryl methyl sites for hydroxylation is 1. The Labute approximate surface area is 173 Å². The summed E-state index contributed by atoms with van der Waals surface area (Å²) in [5.41, 5.74) is 4.86. The Balaban J connectivity index is 1.33. The molecule has 0 aliphatic carbocycles. The highest BCUT2D eigenvalue weighted by molar-refractivity contribution is 5.78. The Morgan fingerprint density at radius 1 is 1.00 bits per heavy atom. The lowest BCUT2D eigenvalue weighted by Gasteiger charge is -2.31. The molecule has 2 aromatic carbocycles. The van der Waals surface area contributed by atoms with Crippen LogP contribution < -0.4 is 5.32 Å². The quantitative estimate of drug-likeness (QED) is 0.704. The number of fused-ring (bicyclic) bond motifs is 1. The van der Waals surface area contributed by atoms with Crippen LogP contribution in [0.3, 0.4) is 0 Å². The van der Waals surface area contributed by atoms with Crippen molar-refractivity contribution in [2.45, 2.75) is 51.6 Å². The first kappa shape index (κ1) is 18.8. The third kappa shape index (κ3) is 3.84. The second kappa shape index (κ2) is 8.29. The molecule has 0 saturated carbocycles. The molecular weight excluding hydrogens is 356 g/mol. The molecule has 152 valence electrons. The molecule has 0 bridgehead atoms. The molecule has 2 fully saturated rings. The predicted octanol–water partition coefficient (Wildman–Crippen LogP) is 4.69. The number of likely N-dealkylation sites (tertiary alicyclic amines) is 1. The van der Waals surface area contributed by atoms with Crippen molar-refractivity contribution in [2.24, 2.45) is 5.92 Å². The van der Waals surface area contributed by atoms with Crippen LogP contribution in [0.5, 0.6) is 0 Å². The summed E-state index contributed by atoms with van der Waals surface area (Å²) < 4.78 is 2.26. The molecule has 3 aromatic rings. The third-order valence-corrected chi connectivity index (χ3v) is 6.85. The zero-order valence-electron chi connectivity index (χ0n) is 17.5. The molecule has 4 nitrogen and oxygen atoms in total. The maximum atomic E-state index is 4.71. The summed E-state index contributed by atoms with van der Waals surface area (Å²) in [7, 11) is 0. The number of para-hydroxylation sites is 2. The average Bonchev–Trinajstić information content (AvgIpc) is 3.22. The minimum Gasteiger partial charge on any atom is -0.316 e. The van der Waals surface area contributed by atoms with Crippen molar-refractivity contribution in [3.63, 3.8) is 0 Å². The standard InChI is InChI=1S/C25H32N4/c1-19-27-23-8-2-3-9-25(23)29(19)22-13-11-20(12-14-22)18-28-16-6-10-24(28)21-7-4-5-15-26-17-21/h2-3,8-9,11-14,21,24,26H,4-7,10,15-18H2,1H3/t21-,24-/m0/s1. The molecule has 0 amide bonds. The average molecular weight is 389 g/mol. The van der Waals surface area contributed by atoms with Gasteiger partial charge in [-0.2, -0.15) is 0 Å². The van der Waals surface area contributed by atoms with Gasteiger partial charge in [0.1, 0.15) is 5.82 Å². The molecule has 29 heavy (non-hydrogen) atoms. The van der Waals surface area contributed by atoms with Gasteiger partial charge in [-0.3, -0.25) is 9.47 Å². The molecule has 2 saturated heterocycles. The Morgan fingerprint density at radius 2 is 1.86 bits per heavy atom. The van der Waals surface area contributed by atoms with Crippen LogP contribution in [-0.4, -0.2) is 40.1 Å². The van der Waals surface area contributed by atoms with Gasteiger partial charge in [0.05, 0.1) is 11.0 Å². The molecule has 1 N–H and O–H groups in total. The summed E-state index contributed by atoms with van der Waals surface area (Å²) in [5.74, 6) is 1.86. The zero-order valence-corrected chi connectivity index (χ0v) is 17.5. The topological polar surface area (TPSA) is 33.1 Å². The van der Waals surface area contributed by atoms with E-state index in [1.165, 1.54) is 68.5 Å². The number of rotatable bonds is 4. The van der Waals surface area contributed by atoms with Crippen molar-refractivity contribution in [1.82, 2.24) is 19.8 Å². The van der Waals surface area contributed by atoms with E-state index in [9.17, 15) is 0 Å². The van der Waals surface area contributed by atoms with Gasteiger partial charge in [0.25, 0.3) is 0 Å². The van der Waals surface area contributed by atoms with E-state index in [1.807, 2.05) is 0 Å². The zero-order chi connectivity index (χ0) is 19.6. The summed E-state index contributed by atoms with van der Waals surface area (Å²) in [6.07, 6.45) is 6.83. The number of benzene rings is 2. The predicted molar refractivity (Wildman–Crippen MR) is 119 cm³/mol. The summed E-state index contributed by atoms with van der Waals surface area (Å²) in [6, 6.07) is 18.3. The molecule has 3 heterocycles. The number of hydrogen-bond acceptors (Lipinski definition) is 3. The van der Waals surface area contributed by atoms with Crippen LogP contribution >= 0.6 is 0 Å². The maximum absolute atomic E-state index is 4.71. The van der Waals surface area contributed by atoms with Gasteiger partial charge in [-0.15, -0.1) is 0 Å². The second-order valence-corrected chi connectivity index (χ2v) is 8.79. The third-order valence-electron chi connectivity index (χ3n) is 6.85. The Hall–Kier alpha value is -2.17. The lowest BCUT2D eigenvalue weighted by molar-refractivity contribution is 0.175. The van der Waals surface area contributed by atoms with Gasteiger partial charge in [-0.05, 0) is 88.0 Å². The minimum absolute atomic E-state index is 0.750. The number of aromatic nitrogens is 2. The minimum atomic E-state index is 0.750. The first-order chi connectivity index (χ1) is 14.3. The Bertz CT molecular complexity index is 951. The van der Waals surface area contributed by atoms with Crippen molar-refractivity contribution in [3.8, 4) is 5.69 Å². The van der Waals surface area contributed by atoms with E-state index in [1.54, 1.807) is 0 Å². The van der Waals surface area contributed by atoms with Crippen molar-refractivity contribution in [1.29, 1.82) is 0 Å². The highest BCUT2D eigenvalue weighted by atomic mass is 15.2. The van der Waals surface area contributed by atoms with E-state index in [2.05, 4.69) is 70.2 Å². The van der Waals surface area contributed by atoms with Crippen LogP contribution in [0.25, 0.3) is 16.7 Å². The SMILES string of the molecule is Cc1nc2ccccc2n1-c1ccc(CN2CCC[C@H]2[C@H]2CCCCNC2)cc1. The normalized spacial score (nSPS) is 23.5. The number of hydrogen-bond donors (Lipinski definition) is 1. The molecule has 2 atom stereocenters. The van der Waals surface area contributed by atoms with E-state index in [0.717, 1.165) is 29.8 Å². The fourth-order valence-electron chi connectivity index (χ4n) is 5.41. The molecule has 0 spiro atoms. The van der Waals surface area contributed by atoms with Crippen LogP contribution in [0.15, 0.2) is 48.5 Å². The van der Waals surface area contributed by atoms with Crippen molar-refractivity contribution in [2.75, 3.05) is 19.6 Å². The highest BCUT2D eigenvalue weighted by Crippen LogP contribution is 2.30. The van der Waals surface area contributed by atoms with Gasteiger partial charge >= 0.3 is 0 Å². The van der Waals surface area contributed by atoms with Crippen molar-refractivity contribution < 1.29 is 0 Å². The maximum Gasteiger partial charge on any atom is 0.111 e. The summed E-state index contributed by atoms with van der Waals surface area (Å²) >= 11 is 0. The van der Waals surface area contributed by atoms with Crippen LogP contribution in [0, 0.1) is 12.8 Å². The van der Waals surface area contributed by atoms with E-state index >= 15 is 0 Å². The molecule has 0 radical (unpaired) electrons. The van der Waals surface area contributed by atoms with Crippen LogP contribution in [0.1, 0.15) is 43.5 Å². The largest absolute Gasteiger partial charge is 0.316 e. The van der Waals surface area contributed by atoms with Gasteiger partial charge in [-0.25, -0.2) is 4.98 Å². The van der Waals surface area contributed by atoms with Gasteiger partial charge < -0.3 is 5.32 Å². The molecule has 4 heteroatoms. The monoisotopic (exact) mass is 388 g/mol. The number of nitrogens with zero attached hydrogens (tertiary/aromatic N) is 3. The highest BCUT2D eigenvalue weighted by Gasteiger charge is 2.31. The van der Waals surface area contributed by atoms with Crippen LogP contribution in [0.4, 0.5) is 0 Å². The molecule has 2 aliphatic rings. The lowest BCUT2D eigenvalue weighted by Crippen LogP contribution is -2.39. The van der Waals surface area contributed by atoms with Gasteiger partial charge in [0.15, 0.2) is 0 Å².